The van der Waals surface area contributed by atoms with Gasteiger partial charge in [-0.2, -0.15) is 0 Å². The number of aldehydes is 1. The van der Waals surface area contributed by atoms with Crippen molar-refractivity contribution in [2.75, 3.05) is 7.11 Å². The molecule has 0 saturated carbocycles. The van der Waals surface area contributed by atoms with Gasteiger partial charge in [-0.05, 0) is 29.7 Å². The van der Waals surface area contributed by atoms with Crippen LogP contribution in [0.15, 0.2) is 36.4 Å². The Morgan fingerprint density at radius 3 is 2.65 bits per heavy atom. The summed E-state index contributed by atoms with van der Waals surface area (Å²) in [6, 6.07) is 11.4. The number of aromatic amines is 1. The van der Waals surface area contributed by atoms with Crippen LogP contribution in [0.4, 0.5) is 0 Å². The largest absolute Gasteiger partial charge is 0.496 e. The van der Waals surface area contributed by atoms with Crippen LogP contribution in [-0.4, -0.2) is 18.4 Å². The predicted molar refractivity (Wildman–Crippen MR) is 94.8 cm³/mol. The molecular formula is C19H18ClNO2. The lowest BCUT2D eigenvalue weighted by molar-refractivity contribution is 0.112. The van der Waals surface area contributed by atoms with E-state index < -0.39 is 0 Å². The lowest BCUT2D eigenvalue weighted by atomic mass is 9.99. The Bertz CT molecular complexity index is 880. The van der Waals surface area contributed by atoms with Crippen LogP contribution >= 0.6 is 11.6 Å². The Labute approximate surface area is 140 Å². The standard InChI is InChI=1S/C19H18ClNO2/c1-11(2)13-5-4-6-14-16(10-22)19(21-18(13)14)15-9-12(20)7-8-17(15)23-3/h4-11,21H,1-3H3. The van der Waals surface area contributed by atoms with Crippen LogP contribution in [-0.2, 0) is 0 Å². The summed E-state index contributed by atoms with van der Waals surface area (Å²) >= 11 is 6.14. The van der Waals surface area contributed by atoms with E-state index in [1.807, 2.05) is 18.2 Å². The highest BCUT2D eigenvalue weighted by molar-refractivity contribution is 6.31. The van der Waals surface area contributed by atoms with Crippen molar-refractivity contribution in [3.05, 3.63) is 52.5 Å². The van der Waals surface area contributed by atoms with Gasteiger partial charge in [0.2, 0.25) is 0 Å². The molecule has 4 heteroatoms. The first-order valence-electron chi connectivity index (χ1n) is 7.50. The second-order valence-electron chi connectivity index (χ2n) is 5.80. The monoisotopic (exact) mass is 327 g/mol. The van der Waals surface area contributed by atoms with Gasteiger partial charge >= 0.3 is 0 Å². The van der Waals surface area contributed by atoms with Gasteiger partial charge in [-0.3, -0.25) is 4.79 Å². The van der Waals surface area contributed by atoms with Crippen LogP contribution in [0.2, 0.25) is 5.02 Å². The van der Waals surface area contributed by atoms with E-state index in [1.54, 1.807) is 19.2 Å². The lowest BCUT2D eigenvalue weighted by Gasteiger charge is -2.08. The summed E-state index contributed by atoms with van der Waals surface area (Å²) in [5, 5.41) is 1.52. The molecule has 3 nitrogen and oxygen atoms in total. The average molecular weight is 328 g/mol. The van der Waals surface area contributed by atoms with Crippen LogP contribution in [0, 0.1) is 0 Å². The number of methoxy groups -OCH3 is 1. The van der Waals surface area contributed by atoms with Crippen molar-refractivity contribution in [3.8, 4) is 17.0 Å². The summed E-state index contributed by atoms with van der Waals surface area (Å²) in [6.07, 6.45) is 0.888. The minimum atomic E-state index is 0.353. The Balaban J connectivity index is 2.37. The van der Waals surface area contributed by atoms with E-state index in [-0.39, 0.29) is 0 Å². The lowest BCUT2D eigenvalue weighted by Crippen LogP contribution is -1.91. The molecule has 0 spiro atoms. The fourth-order valence-corrected chi connectivity index (χ4v) is 3.12. The number of benzene rings is 2. The number of aromatic nitrogens is 1. The normalized spacial score (nSPS) is 11.2. The van der Waals surface area contributed by atoms with E-state index >= 15 is 0 Å². The first-order valence-corrected chi connectivity index (χ1v) is 7.88. The third kappa shape index (κ3) is 2.62. The Morgan fingerprint density at radius 2 is 2.00 bits per heavy atom. The summed E-state index contributed by atoms with van der Waals surface area (Å²) in [5.41, 5.74) is 4.32. The van der Waals surface area contributed by atoms with Crippen LogP contribution < -0.4 is 4.74 Å². The van der Waals surface area contributed by atoms with Crippen molar-refractivity contribution in [1.29, 1.82) is 0 Å². The topological polar surface area (TPSA) is 42.1 Å². The molecule has 0 aliphatic carbocycles. The molecule has 0 radical (unpaired) electrons. The van der Waals surface area contributed by atoms with Crippen LogP contribution in [0.5, 0.6) is 5.75 Å². The van der Waals surface area contributed by atoms with Crippen molar-refractivity contribution in [1.82, 2.24) is 4.98 Å². The van der Waals surface area contributed by atoms with E-state index in [4.69, 9.17) is 16.3 Å². The minimum absolute atomic E-state index is 0.353. The molecule has 0 bridgehead atoms. The van der Waals surface area contributed by atoms with E-state index in [1.165, 1.54) is 5.56 Å². The number of carbonyl (C=O) groups excluding carboxylic acids is 1. The molecule has 0 atom stereocenters. The fourth-order valence-electron chi connectivity index (χ4n) is 2.95. The Kier molecular flexibility index (Phi) is 4.14. The molecule has 2 aromatic carbocycles. The number of H-pyrrole nitrogens is 1. The zero-order valence-corrected chi connectivity index (χ0v) is 14.1. The molecule has 0 unspecified atom stereocenters. The summed E-state index contributed by atoms with van der Waals surface area (Å²) < 4.78 is 5.43. The van der Waals surface area contributed by atoms with Crippen molar-refractivity contribution < 1.29 is 9.53 Å². The van der Waals surface area contributed by atoms with Gasteiger partial charge in [-0.25, -0.2) is 0 Å². The zero-order valence-electron chi connectivity index (χ0n) is 13.3. The first kappa shape index (κ1) is 15.6. The van der Waals surface area contributed by atoms with Crippen molar-refractivity contribution >= 4 is 28.8 Å². The molecule has 0 saturated heterocycles. The molecule has 1 heterocycles. The van der Waals surface area contributed by atoms with Gasteiger partial charge < -0.3 is 9.72 Å². The fraction of sp³-hybridized carbons (Fsp3) is 0.211. The van der Waals surface area contributed by atoms with E-state index in [0.29, 0.717) is 22.3 Å². The van der Waals surface area contributed by atoms with Crippen LogP contribution in [0.1, 0.15) is 35.7 Å². The van der Waals surface area contributed by atoms with Gasteiger partial charge in [-0.15, -0.1) is 0 Å². The zero-order chi connectivity index (χ0) is 16.6. The number of para-hydroxylation sites is 1. The third-order valence-corrected chi connectivity index (χ3v) is 4.31. The predicted octanol–water partition coefficient (Wildman–Crippen LogP) is 5.43. The van der Waals surface area contributed by atoms with Crippen LogP contribution in [0.3, 0.4) is 0 Å². The average Bonchev–Trinajstić information content (AvgIpc) is 2.92. The summed E-state index contributed by atoms with van der Waals surface area (Å²) in [5.74, 6) is 1.03. The van der Waals surface area contributed by atoms with E-state index in [9.17, 15) is 4.79 Å². The number of halogens is 1. The van der Waals surface area contributed by atoms with Crippen LogP contribution in [0.25, 0.3) is 22.2 Å². The Hall–Kier alpha value is -2.26. The molecule has 0 fully saturated rings. The molecule has 1 aromatic heterocycles. The molecule has 3 rings (SSSR count). The highest BCUT2D eigenvalue weighted by atomic mass is 35.5. The summed E-state index contributed by atoms with van der Waals surface area (Å²) in [7, 11) is 1.61. The maximum Gasteiger partial charge on any atom is 0.152 e. The second-order valence-corrected chi connectivity index (χ2v) is 6.24. The maximum absolute atomic E-state index is 11.7. The van der Waals surface area contributed by atoms with Crippen molar-refractivity contribution in [2.24, 2.45) is 0 Å². The molecular weight excluding hydrogens is 310 g/mol. The second kappa shape index (κ2) is 6.09. The number of ether oxygens (including phenoxy) is 1. The molecule has 0 aliphatic heterocycles. The van der Waals surface area contributed by atoms with Gasteiger partial charge in [0.15, 0.2) is 6.29 Å². The smallest absolute Gasteiger partial charge is 0.152 e. The molecule has 1 N–H and O–H groups in total. The van der Waals surface area contributed by atoms with Crippen molar-refractivity contribution in [2.45, 2.75) is 19.8 Å². The molecule has 0 aliphatic rings. The van der Waals surface area contributed by atoms with Gasteiger partial charge in [0.25, 0.3) is 0 Å². The quantitative estimate of drug-likeness (QED) is 0.649. The van der Waals surface area contributed by atoms with Gasteiger partial charge in [-0.1, -0.05) is 43.6 Å². The van der Waals surface area contributed by atoms with Crippen molar-refractivity contribution in [3.63, 3.8) is 0 Å². The number of hydrogen-bond acceptors (Lipinski definition) is 2. The minimum Gasteiger partial charge on any atom is -0.496 e. The highest BCUT2D eigenvalue weighted by Crippen LogP contribution is 2.38. The Morgan fingerprint density at radius 1 is 1.22 bits per heavy atom. The molecule has 0 amide bonds. The number of carbonyl (C=O) groups is 1. The van der Waals surface area contributed by atoms with E-state index in [2.05, 4.69) is 24.9 Å². The molecule has 118 valence electrons. The third-order valence-electron chi connectivity index (χ3n) is 4.08. The number of hydrogen-bond donors (Lipinski definition) is 1. The molecule has 23 heavy (non-hydrogen) atoms. The summed E-state index contributed by atoms with van der Waals surface area (Å²) in [6.45, 7) is 4.27. The number of nitrogens with one attached hydrogen (secondary N) is 1. The maximum atomic E-state index is 11.7. The summed E-state index contributed by atoms with van der Waals surface area (Å²) in [4.78, 5) is 15.2. The van der Waals surface area contributed by atoms with Gasteiger partial charge in [0, 0.05) is 21.5 Å². The molecule has 3 aromatic rings. The first-order chi connectivity index (χ1) is 11.1. The number of fused-ring (bicyclic) bond motifs is 1. The van der Waals surface area contributed by atoms with Gasteiger partial charge in [0.05, 0.1) is 18.3 Å². The highest BCUT2D eigenvalue weighted by Gasteiger charge is 2.18. The van der Waals surface area contributed by atoms with Gasteiger partial charge in [0.1, 0.15) is 5.75 Å². The number of rotatable bonds is 4. The SMILES string of the molecule is COc1ccc(Cl)cc1-c1[nH]c2c(C(C)C)cccc2c1C=O. The van der Waals surface area contributed by atoms with E-state index in [0.717, 1.165) is 28.4 Å².